The summed E-state index contributed by atoms with van der Waals surface area (Å²) in [6, 6.07) is 0. The highest BCUT2D eigenvalue weighted by atomic mass is 16.5. The van der Waals surface area contributed by atoms with Crippen LogP contribution in [-0.4, -0.2) is 5.60 Å². The number of hydrogen-bond donors (Lipinski definition) is 0. The molecule has 0 aromatic rings. The fraction of sp³-hybridized carbons (Fsp3) is 0.733. The topological polar surface area (TPSA) is 9.23 Å². The molecule has 0 aromatic heterocycles. The Hall–Kier alpha value is -0.720. The first-order valence-electron chi connectivity index (χ1n) is 6.43. The van der Waals surface area contributed by atoms with Gasteiger partial charge in [0.1, 0.15) is 11.4 Å². The van der Waals surface area contributed by atoms with Gasteiger partial charge in [-0.15, -0.1) is 0 Å². The van der Waals surface area contributed by atoms with Crippen molar-refractivity contribution < 1.29 is 4.74 Å². The minimum Gasteiger partial charge on any atom is -0.492 e. The Morgan fingerprint density at radius 1 is 1.12 bits per heavy atom. The average molecular weight is 220 g/mol. The minimum absolute atomic E-state index is 0.0261. The van der Waals surface area contributed by atoms with Gasteiger partial charge in [-0.3, -0.25) is 0 Å². The van der Waals surface area contributed by atoms with Gasteiger partial charge in [0.05, 0.1) is 0 Å². The Labute approximate surface area is 99.6 Å². The molecule has 16 heavy (non-hydrogen) atoms. The molecule has 1 aliphatic heterocycles. The highest BCUT2D eigenvalue weighted by Gasteiger charge is 2.36. The Balaban J connectivity index is 2.45. The van der Waals surface area contributed by atoms with E-state index in [2.05, 4.69) is 41.5 Å². The van der Waals surface area contributed by atoms with Gasteiger partial charge in [0, 0.05) is 5.92 Å². The lowest BCUT2D eigenvalue weighted by Gasteiger charge is -2.42. The van der Waals surface area contributed by atoms with Crippen LogP contribution in [0.5, 0.6) is 0 Å². The predicted molar refractivity (Wildman–Crippen MR) is 68.1 cm³/mol. The zero-order valence-corrected chi connectivity index (χ0v) is 11.5. The van der Waals surface area contributed by atoms with Gasteiger partial charge in [-0.25, -0.2) is 0 Å². The summed E-state index contributed by atoms with van der Waals surface area (Å²) in [5.74, 6) is 2.43. The van der Waals surface area contributed by atoms with Crippen LogP contribution in [-0.2, 0) is 4.74 Å². The first kappa shape index (κ1) is 11.8. The zero-order valence-electron chi connectivity index (χ0n) is 11.5. The van der Waals surface area contributed by atoms with E-state index >= 15 is 0 Å². The molecule has 2 rings (SSSR count). The summed E-state index contributed by atoms with van der Waals surface area (Å²) in [4.78, 5) is 0. The molecule has 2 atom stereocenters. The zero-order chi connectivity index (χ0) is 12.1. The molecule has 1 heterocycles. The summed E-state index contributed by atoms with van der Waals surface area (Å²) in [7, 11) is 0. The predicted octanol–water partition coefficient (Wildman–Crippen LogP) is 4.45. The van der Waals surface area contributed by atoms with Crippen molar-refractivity contribution in [2.75, 3.05) is 0 Å². The molecule has 1 aliphatic carbocycles. The summed E-state index contributed by atoms with van der Waals surface area (Å²) in [5, 5.41) is 0. The van der Waals surface area contributed by atoms with Gasteiger partial charge < -0.3 is 4.74 Å². The number of rotatable bonds is 0. The summed E-state index contributed by atoms with van der Waals surface area (Å²) in [6.45, 7) is 13.6. The van der Waals surface area contributed by atoms with Crippen molar-refractivity contribution in [1.82, 2.24) is 0 Å². The van der Waals surface area contributed by atoms with Gasteiger partial charge in [0.15, 0.2) is 0 Å². The maximum atomic E-state index is 6.22. The van der Waals surface area contributed by atoms with Crippen LogP contribution in [0.15, 0.2) is 22.5 Å². The molecule has 0 fully saturated rings. The van der Waals surface area contributed by atoms with E-state index in [1.807, 2.05) is 0 Å². The summed E-state index contributed by atoms with van der Waals surface area (Å²) >= 11 is 0. The van der Waals surface area contributed by atoms with Gasteiger partial charge >= 0.3 is 0 Å². The van der Waals surface area contributed by atoms with Gasteiger partial charge in [0.2, 0.25) is 0 Å². The van der Waals surface area contributed by atoms with E-state index < -0.39 is 0 Å². The molecule has 0 radical (unpaired) electrons. The standard InChI is InChI=1S/C15H24O/c1-9-10(2)12(4)14-13(11(9)3)7-8-15(5,6)16-14/h10,12H,7-8H2,1-6H3/t10?,12-/m1/s1. The first-order chi connectivity index (χ1) is 7.33. The van der Waals surface area contributed by atoms with E-state index in [9.17, 15) is 0 Å². The van der Waals surface area contributed by atoms with E-state index in [0.29, 0.717) is 11.8 Å². The highest BCUT2D eigenvalue weighted by molar-refractivity contribution is 5.42. The summed E-state index contributed by atoms with van der Waals surface area (Å²) < 4.78 is 6.22. The highest BCUT2D eigenvalue weighted by Crippen LogP contribution is 2.45. The first-order valence-corrected chi connectivity index (χ1v) is 6.43. The molecule has 1 nitrogen and oxygen atoms in total. The second kappa shape index (κ2) is 3.65. The lowest BCUT2D eigenvalue weighted by molar-refractivity contribution is -0.00721. The van der Waals surface area contributed by atoms with Gasteiger partial charge in [-0.1, -0.05) is 19.4 Å². The van der Waals surface area contributed by atoms with Crippen molar-refractivity contribution >= 4 is 0 Å². The summed E-state index contributed by atoms with van der Waals surface area (Å²) in [6.07, 6.45) is 2.32. The average Bonchev–Trinajstić information content (AvgIpc) is 2.22. The SMILES string of the molecule is CC1=C(C)C(C)[C@@H](C)C2=C1CCC(C)(C)O2. The maximum Gasteiger partial charge on any atom is 0.104 e. The smallest absolute Gasteiger partial charge is 0.104 e. The third-order valence-electron chi connectivity index (χ3n) is 4.55. The number of allylic oxidation sites excluding steroid dienone is 4. The van der Waals surface area contributed by atoms with E-state index in [4.69, 9.17) is 4.74 Å². The molecule has 2 aliphatic rings. The molecule has 0 saturated carbocycles. The Morgan fingerprint density at radius 2 is 1.75 bits per heavy atom. The van der Waals surface area contributed by atoms with E-state index in [0.717, 1.165) is 6.42 Å². The van der Waals surface area contributed by atoms with Crippen molar-refractivity contribution in [1.29, 1.82) is 0 Å². The Morgan fingerprint density at radius 3 is 2.38 bits per heavy atom. The molecule has 0 bridgehead atoms. The van der Waals surface area contributed by atoms with Crippen molar-refractivity contribution in [3.05, 3.63) is 22.5 Å². The van der Waals surface area contributed by atoms with Crippen molar-refractivity contribution in [2.45, 2.75) is 60.0 Å². The van der Waals surface area contributed by atoms with Gasteiger partial charge in [-0.2, -0.15) is 0 Å². The van der Waals surface area contributed by atoms with Crippen LogP contribution in [0.3, 0.4) is 0 Å². The quantitative estimate of drug-likeness (QED) is 0.586. The molecule has 0 spiro atoms. The van der Waals surface area contributed by atoms with Crippen LogP contribution in [0.1, 0.15) is 54.4 Å². The monoisotopic (exact) mass is 220 g/mol. The molecule has 1 heteroatoms. The van der Waals surface area contributed by atoms with Crippen LogP contribution in [0.25, 0.3) is 0 Å². The lowest BCUT2D eigenvalue weighted by Crippen LogP contribution is -2.34. The Bertz CT molecular complexity index is 371. The van der Waals surface area contributed by atoms with Crippen LogP contribution in [0.2, 0.25) is 0 Å². The minimum atomic E-state index is 0.0261. The molecule has 0 aromatic carbocycles. The molecule has 0 N–H and O–H groups in total. The third-order valence-corrected chi connectivity index (χ3v) is 4.55. The number of hydrogen-bond acceptors (Lipinski definition) is 1. The summed E-state index contributed by atoms with van der Waals surface area (Å²) in [5.41, 5.74) is 4.55. The number of ether oxygens (including phenoxy) is 1. The maximum absolute atomic E-state index is 6.22. The Kier molecular flexibility index (Phi) is 2.68. The molecule has 90 valence electrons. The normalized spacial score (nSPS) is 33.6. The van der Waals surface area contributed by atoms with Gasteiger partial charge in [-0.05, 0) is 57.6 Å². The van der Waals surface area contributed by atoms with Crippen molar-refractivity contribution in [3.63, 3.8) is 0 Å². The molecule has 0 amide bonds. The van der Waals surface area contributed by atoms with Crippen LogP contribution < -0.4 is 0 Å². The largest absolute Gasteiger partial charge is 0.492 e. The van der Waals surface area contributed by atoms with E-state index in [-0.39, 0.29) is 5.60 Å². The fourth-order valence-corrected chi connectivity index (χ4v) is 2.88. The van der Waals surface area contributed by atoms with Gasteiger partial charge in [0.25, 0.3) is 0 Å². The van der Waals surface area contributed by atoms with Crippen LogP contribution in [0.4, 0.5) is 0 Å². The lowest BCUT2D eigenvalue weighted by atomic mass is 9.74. The molecule has 0 saturated heterocycles. The second-order valence-corrected chi connectivity index (χ2v) is 6.09. The van der Waals surface area contributed by atoms with Crippen LogP contribution in [0, 0.1) is 11.8 Å². The molecular weight excluding hydrogens is 196 g/mol. The van der Waals surface area contributed by atoms with Crippen LogP contribution >= 0.6 is 0 Å². The third kappa shape index (κ3) is 1.70. The molecule has 1 unspecified atom stereocenters. The van der Waals surface area contributed by atoms with Crippen molar-refractivity contribution in [2.24, 2.45) is 11.8 Å². The van der Waals surface area contributed by atoms with E-state index in [1.54, 1.807) is 5.57 Å². The molecular formula is C15H24O. The second-order valence-electron chi connectivity index (χ2n) is 6.09. The fourth-order valence-electron chi connectivity index (χ4n) is 2.88. The van der Waals surface area contributed by atoms with E-state index in [1.165, 1.54) is 23.3 Å². The van der Waals surface area contributed by atoms with Crippen molar-refractivity contribution in [3.8, 4) is 0 Å².